The van der Waals surface area contributed by atoms with Crippen LogP contribution in [0.25, 0.3) is 0 Å². The molecule has 0 aromatic heterocycles. The van der Waals surface area contributed by atoms with Crippen LogP contribution in [0.5, 0.6) is 5.75 Å². The Hall–Kier alpha value is -0.500. The second-order valence-corrected chi connectivity index (χ2v) is 5.68. The molecule has 1 atom stereocenters. The number of aromatic hydroxyl groups is 1. The number of phenols is 1. The minimum absolute atomic E-state index is 0. The van der Waals surface area contributed by atoms with Gasteiger partial charge in [0.25, 0.3) is 0 Å². The maximum absolute atomic E-state index is 12.9. The van der Waals surface area contributed by atoms with Crippen LogP contribution in [0.2, 0.25) is 0 Å². The molecule has 0 aliphatic carbocycles. The van der Waals surface area contributed by atoms with Gasteiger partial charge in [0, 0.05) is 36.7 Å². The summed E-state index contributed by atoms with van der Waals surface area (Å²) in [5.74, 6) is -0.0227. The molecular weight excluding hydrogens is 373 g/mol. The lowest BCUT2D eigenvalue weighted by atomic mass is 10.0. The van der Waals surface area contributed by atoms with E-state index in [9.17, 15) is 18.3 Å². The Morgan fingerprint density at radius 3 is 2.48 bits per heavy atom. The van der Waals surface area contributed by atoms with Gasteiger partial charge in [-0.05, 0) is 23.8 Å². The van der Waals surface area contributed by atoms with E-state index in [1.54, 1.807) is 6.07 Å². The molecule has 0 spiro atoms. The van der Waals surface area contributed by atoms with E-state index < -0.39 is 18.6 Å². The van der Waals surface area contributed by atoms with Crippen molar-refractivity contribution in [3.8, 4) is 5.75 Å². The van der Waals surface area contributed by atoms with E-state index in [1.807, 2.05) is 4.90 Å². The van der Waals surface area contributed by atoms with E-state index in [0.717, 1.165) is 0 Å². The first-order chi connectivity index (χ1) is 9.37. The number of piperazine rings is 1. The molecule has 1 saturated heterocycles. The molecule has 21 heavy (non-hydrogen) atoms. The number of alkyl halides is 3. The lowest BCUT2D eigenvalue weighted by Gasteiger charge is -2.36. The third-order valence-electron chi connectivity index (χ3n) is 3.36. The number of halogens is 5. The van der Waals surface area contributed by atoms with Crippen LogP contribution >= 0.6 is 28.3 Å². The molecule has 1 aliphatic heterocycles. The minimum atomic E-state index is -4.25. The number of hydrogen-bond acceptors (Lipinski definition) is 3. The van der Waals surface area contributed by atoms with Crippen LogP contribution in [0.15, 0.2) is 22.7 Å². The van der Waals surface area contributed by atoms with E-state index in [-0.39, 0.29) is 18.2 Å². The minimum Gasteiger partial charge on any atom is -0.508 e. The molecule has 2 rings (SSSR count). The highest BCUT2D eigenvalue weighted by Gasteiger charge is 2.36. The molecule has 2 N–H and O–H groups in total. The molecule has 1 aromatic carbocycles. The van der Waals surface area contributed by atoms with E-state index >= 15 is 0 Å². The Bertz CT molecular complexity index is 467. The summed E-state index contributed by atoms with van der Waals surface area (Å²) < 4.78 is 39.2. The van der Waals surface area contributed by atoms with E-state index in [4.69, 9.17) is 0 Å². The number of nitrogens with one attached hydrogen (secondary N) is 1. The van der Waals surface area contributed by atoms with Crippen molar-refractivity contribution in [2.45, 2.75) is 18.6 Å². The fourth-order valence-corrected chi connectivity index (χ4v) is 2.95. The summed E-state index contributed by atoms with van der Waals surface area (Å²) >= 11 is 3.28. The summed E-state index contributed by atoms with van der Waals surface area (Å²) in [6.07, 6.45) is -5.17. The van der Waals surface area contributed by atoms with Gasteiger partial charge in [-0.1, -0.05) is 15.9 Å². The fourth-order valence-electron chi connectivity index (χ4n) is 2.44. The van der Waals surface area contributed by atoms with Crippen LogP contribution in [0.4, 0.5) is 13.2 Å². The molecule has 8 heteroatoms. The normalized spacial score (nSPS) is 18.1. The van der Waals surface area contributed by atoms with Gasteiger partial charge in [-0.3, -0.25) is 4.90 Å². The van der Waals surface area contributed by atoms with E-state index in [1.165, 1.54) is 12.1 Å². The molecule has 0 unspecified atom stereocenters. The summed E-state index contributed by atoms with van der Waals surface area (Å²) in [6, 6.07) is 3.66. The van der Waals surface area contributed by atoms with Gasteiger partial charge in [-0.15, -0.1) is 12.4 Å². The standard InChI is InChI=1S/C13H16BrF3N2O.ClH/c14-11-2-1-9(20)7-10(11)12(8-13(15,16)17)19-5-3-18-4-6-19;/h1-2,7,12,18,20H,3-6,8H2;1H/t12-;/m1./s1. The van der Waals surface area contributed by atoms with E-state index in [2.05, 4.69) is 21.2 Å². The first-order valence-electron chi connectivity index (χ1n) is 6.37. The maximum Gasteiger partial charge on any atom is 0.390 e. The molecule has 0 bridgehead atoms. The number of benzene rings is 1. The van der Waals surface area contributed by atoms with Gasteiger partial charge in [0.2, 0.25) is 0 Å². The van der Waals surface area contributed by atoms with Crippen LogP contribution < -0.4 is 5.32 Å². The molecule has 0 radical (unpaired) electrons. The third kappa shape index (κ3) is 5.32. The average molecular weight is 390 g/mol. The SMILES string of the molecule is Cl.Oc1ccc(Br)c([C@@H](CC(F)(F)F)N2CCNCC2)c1. The molecule has 1 fully saturated rings. The zero-order valence-electron chi connectivity index (χ0n) is 11.2. The zero-order valence-corrected chi connectivity index (χ0v) is 13.6. The maximum atomic E-state index is 12.9. The first-order valence-corrected chi connectivity index (χ1v) is 7.16. The molecule has 1 heterocycles. The van der Waals surface area contributed by atoms with Gasteiger partial charge >= 0.3 is 6.18 Å². The average Bonchev–Trinajstić information content (AvgIpc) is 2.39. The molecule has 120 valence electrons. The highest BCUT2D eigenvalue weighted by atomic mass is 79.9. The number of rotatable bonds is 3. The number of phenolic OH excluding ortho intramolecular Hbond substituents is 1. The van der Waals surface area contributed by atoms with Gasteiger partial charge in [0.05, 0.1) is 6.42 Å². The monoisotopic (exact) mass is 388 g/mol. The Morgan fingerprint density at radius 2 is 1.90 bits per heavy atom. The quantitative estimate of drug-likeness (QED) is 0.831. The fraction of sp³-hybridized carbons (Fsp3) is 0.538. The van der Waals surface area contributed by atoms with Crippen molar-refractivity contribution in [1.82, 2.24) is 10.2 Å². The summed E-state index contributed by atoms with van der Waals surface area (Å²) in [5, 5.41) is 12.7. The largest absolute Gasteiger partial charge is 0.508 e. The lowest BCUT2D eigenvalue weighted by molar-refractivity contribution is -0.148. The second kappa shape index (κ2) is 7.67. The Labute approximate surface area is 136 Å². The van der Waals surface area contributed by atoms with Crippen LogP contribution in [0, 0.1) is 0 Å². The predicted octanol–water partition coefficient (Wildman–Crippen LogP) is 3.48. The van der Waals surface area contributed by atoms with Gasteiger partial charge in [-0.25, -0.2) is 0 Å². The lowest BCUT2D eigenvalue weighted by Crippen LogP contribution is -2.46. The highest BCUT2D eigenvalue weighted by Crippen LogP contribution is 2.38. The molecule has 0 saturated carbocycles. The predicted molar refractivity (Wildman–Crippen MR) is 80.9 cm³/mol. The van der Waals surface area contributed by atoms with Gasteiger partial charge in [0.1, 0.15) is 5.75 Å². The van der Waals surface area contributed by atoms with Crippen molar-refractivity contribution in [2.24, 2.45) is 0 Å². The van der Waals surface area contributed by atoms with Crippen molar-refractivity contribution in [2.75, 3.05) is 26.2 Å². The Balaban J connectivity index is 0.00000220. The van der Waals surface area contributed by atoms with Gasteiger partial charge in [-0.2, -0.15) is 13.2 Å². The molecular formula is C13H17BrClF3N2O. The van der Waals surface area contributed by atoms with Crippen molar-refractivity contribution >= 4 is 28.3 Å². The summed E-state index contributed by atoms with van der Waals surface area (Å²) in [7, 11) is 0. The van der Waals surface area contributed by atoms with Crippen LogP contribution in [-0.2, 0) is 0 Å². The third-order valence-corrected chi connectivity index (χ3v) is 4.08. The number of nitrogens with zero attached hydrogens (tertiary/aromatic N) is 1. The molecule has 1 aromatic rings. The van der Waals surface area contributed by atoms with Crippen molar-refractivity contribution in [3.05, 3.63) is 28.2 Å². The molecule has 1 aliphatic rings. The highest BCUT2D eigenvalue weighted by molar-refractivity contribution is 9.10. The Kier molecular flexibility index (Phi) is 6.77. The smallest absolute Gasteiger partial charge is 0.390 e. The van der Waals surface area contributed by atoms with E-state index in [0.29, 0.717) is 36.2 Å². The van der Waals surface area contributed by atoms with Crippen LogP contribution in [0.1, 0.15) is 18.0 Å². The van der Waals surface area contributed by atoms with Crippen molar-refractivity contribution < 1.29 is 18.3 Å². The summed E-state index contributed by atoms with van der Waals surface area (Å²) in [5.41, 5.74) is 0.476. The zero-order chi connectivity index (χ0) is 14.8. The second-order valence-electron chi connectivity index (χ2n) is 4.83. The number of hydrogen-bond donors (Lipinski definition) is 2. The molecule has 3 nitrogen and oxygen atoms in total. The van der Waals surface area contributed by atoms with Gasteiger partial charge < -0.3 is 10.4 Å². The van der Waals surface area contributed by atoms with Crippen molar-refractivity contribution in [1.29, 1.82) is 0 Å². The topological polar surface area (TPSA) is 35.5 Å². The van der Waals surface area contributed by atoms with Crippen LogP contribution in [-0.4, -0.2) is 42.4 Å². The summed E-state index contributed by atoms with van der Waals surface area (Å²) in [6.45, 7) is 2.46. The first kappa shape index (κ1) is 18.5. The molecule has 0 amide bonds. The van der Waals surface area contributed by atoms with Crippen LogP contribution in [0.3, 0.4) is 0 Å². The summed E-state index contributed by atoms with van der Waals surface area (Å²) in [4.78, 5) is 1.81. The Morgan fingerprint density at radius 1 is 1.29 bits per heavy atom. The van der Waals surface area contributed by atoms with Gasteiger partial charge in [0.15, 0.2) is 0 Å². The van der Waals surface area contributed by atoms with Crippen molar-refractivity contribution in [3.63, 3.8) is 0 Å².